The molecule has 72 valence electrons. The number of halogens is 1. The van der Waals surface area contributed by atoms with Gasteiger partial charge < -0.3 is 11.5 Å². The highest BCUT2D eigenvalue weighted by atomic mass is 35.5. The molecule has 0 bridgehead atoms. The van der Waals surface area contributed by atoms with Crippen molar-refractivity contribution in [1.82, 2.24) is 0 Å². The average Bonchev–Trinajstić information content (AvgIpc) is 2.06. The van der Waals surface area contributed by atoms with Crippen molar-refractivity contribution in [2.45, 2.75) is 25.8 Å². The predicted octanol–water partition coefficient (Wildman–Crippen LogP) is 2.20. The highest BCUT2D eigenvalue weighted by Gasteiger charge is 2.01. The van der Waals surface area contributed by atoms with Crippen molar-refractivity contribution < 1.29 is 0 Å². The van der Waals surface area contributed by atoms with Crippen molar-refractivity contribution in [1.29, 1.82) is 0 Å². The third-order valence-electron chi connectivity index (χ3n) is 1.97. The summed E-state index contributed by atoms with van der Waals surface area (Å²) >= 11 is 5.85. The van der Waals surface area contributed by atoms with E-state index < -0.39 is 0 Å². The van der Waals surface area contributed by atoms with Crippen LogP contribution in [0.3, 0.4) is 0 Å². The number of benzene rings is 1. The summed E-state index contributed by atoms with van der Waals surface area (Å²) in [4.78, 5) is 0. The molecule has 1 aromatic rings. The Hall–Kier alpha value is -0.730. The SMILES string of the molecule is CC(N)CCc1cc(Cl)ccc1N. The molecule has 0 spiro atoms. The van der Waals surface area contributed by atoms with Gasteiger partial charge >= 0.3 is 0 Å². The molecule has 0 aliphatic carbocycles. The molecule has 13 heavy (non-hydrogen) atoms. The van der Waals surface area contributed by atoms with Gasteiger partial charge in [0.05, 0.1) is 0 Å². The fourth-order valence-electron chi connectivity index (χ4n) is 1.17. The number of hydrogen-bond acceptors (Lipinski definition) is 2. The Kier molecular flexibility index (Phi) is 3.58. The first-order valence-electron chi connectivity index (χ1n) is 4.39. The van der Waals surface area contributed by atoms with Crippen LogP contribution in [0.2, 0.25) is 5.02 Å². The number of hydrogen-bond donors (Lipinski definition) is 2. The van der Waals surface area contributed by atoms with Crippen LogP contribution in [0.5, 0.6) is 0 Å². The number of nitrogens with two attached hydrogens (primary N) is 2. The molecule has 1 atom stereocenters. The molecule has 0 heterocycles. The van der Waals surface area contributed by atoms with Crippen LogP contribution in [0.15, 0.2) is 18.2 Å². The minimum atomic E-state index is 0.207. The molecule has 0 aliphatic rings. The molecule has 3 heteroatoms. The minimum Gasteiger partial charge on any atom is -0.399 e. The van der Waals surface area contributed by atoms with E-state index in [4.69, 9.17) is 23.1 Å². The maximum Gasteiger partial charge on any atom is 0.0410 e. The zero-order valence-corrected chi connectivity index (χ0v) is 8.51. The molecule has 1 aromatic carbocycles. The van der Waals surface area contributed by atoms with Crippen molar-refractivity contribution in [2.75, 3.05) is 5.73 Å². The van der Waals surface area contributed by atoms with Crippen LogP contribution in [-0.2, 0) is 6.42 Å². The van der Waals surface area contributed by atoms with E-state index in [1.807, 2.05) is 19.1 Å². The Bertz CT molecular complexity index is 284. The maximum atomic E-state index is 5.85. The average molecular weight is 199 g/mol. The van der Waals surface area contributed by atoms with E-state index in [2.05, 4.69) is 0 Å². The van der Waals surface area contributed by atoms with Gasteiger partial charge in [0.25, 0.3) is 0 Å². The van der Waals surface area contributed by atoms with Crippen molar-refractivity contribution in [3.63, 3.8) is 0 Å². The van der Waals surface area contributed by atoms with E-state index >= 15 is 0 Å². The lowest BCUT2D eigenvalue weighted by atomic mass is 10.1. The van der Waals surface area contributed by atoms with Crippen LogP contribution in [0.4, 0.5) is 5.69 Å². The molecule has 0 saturated carbocycles. The number of aryl methyl sites for hydroxylation is 1. The molecule has 1 rings (SSSR count). The number of nitrogen functional groups attached to an aromatic ring is 1. The molecule has 0 aromatic heterocycles. The first kappa shape index (κ1) is 10.4. The van der Waals surface area contributed by atoms with Gasteiger partial charge in [0, 0.05) is 16.8 Å². The largest absolute Gasteiger partial charge is 0.399 e. The summed E-state index contributed by atoms with van der Waals surface area (Å²) in [5.74, 6) is 0. The molecule has 1 unspecified atom stereocenters. The molecule has 0 aliphatic heterocycles. The second-order valence-electron chi connectivity index (χ2n) is 3.36. The quantitative estimate of drug-likeness (QED) is 0.732. The van der Waals surface area contributed by atoms with Crippen molar-refractivity contribution in [3.8, 4) is 0 Å². The van der Waals surface area contributed by atoms with Crippen LogP contribution >= 0.6 is 11.6 Å². The summed E-state index contributed by atoms with van der Waals surface area (Å²) in [7, 11) is 0. The minimum absolute atomic E-state index is 0.207. The Morgan fingerprint density at radius 2 is 2.15 bits per heavy atom. The Morgan fingerprint density at radius 3 is 2.77 bits per heavy atom. The van der Waals surface area contributed by atoms with Crippen molar-refractivity contribution >= 4 is 17.3 Å². The topological polar surface area (TPSA) is 52.0 Å². The first-order chi connectivity index (χ1) is 6.09. The maximum absolute atomic E-state index is 5.85. The molecule has 0 saturated heterocycles. The summed E-state index contributed by atoms with van der Waals surface area (Å²) in [6, 6.07) is 5.74. The van der Waals surface area contributed by atoms with Crippen LogP contribution < -0.4 is 11.5 Å². The van der Waals surface area contributed by atoms with Gasteiger partial charge in [-0.1, -0.05) is 11.6 Å². The lowest BCUT2D eigenvalue weighted by molar-refractivity contribution is 0.667. The lowest BCUT2D eigenvalue weighted by Gasteiger charge is -2.07. The zero-order valence-electron chi connectivity index (χ0n) is 7.76. The first-order valence-corrected chi connectivity index (χ1v) is 4.77. The van der Waals surface area contributed by atoms with E-state index in [1.54, 1.807) is 6.07 Å². The highest BCUT2D eigenvalue weighted by Crippen LogP contribution is 2.19. The molecule has 0 fully saturated rings. The lowest BCUT2D eigenvalue weighted by Crippen LogP contribution is -2.15. The second-order valence-corrected chi connectivity index (χ2v) is 3.80. The monoisotopic (exact) mass is 198 g/mol. The summed E-state index contributed by atoms with van der Waals surface area (Å²) < 4.78 is 0. The smallest absolute Gasteiger partial charge is 0.0410 e. The van der Waals surface area contributed by atoms with Crippen LogP contribution in [0.1, 0.15) is 18.9 Å². The van der Waals surface area contributed by atoms with E-state index in [0.29, 0.717) is 0 Å². The van der Waals surface area contributed by atoms with Gasteiger partial charge in [-0.2, -0.15) is 0 Å². The molecule has 0 amide bonds. The predicted molar refractivity (Wildman–Crippen MR) is 57.8 cm³/mol. The summed E-state index contributed by atoms with van der Waals surface area (Å²) in [6.07, 6.45) is 1.83. The van der Waals surface area contributed by atoms with Crippen molar-refractivity contribution in [2.24, 2.45) is 5.73 Å². The van der Waals surface area contributed by atoms with Gasteiger partial charge in [-0.3, -0.25) is 0 Å². The molecule has 4 N–H and O–H groups in total. The van der Waals surface area contributed by atoms with Gasteiger partial charge in [-0.05, 0) is 43.5 Å². The third-order valence-corrected chi connectivity index (χ3v) is 2.21. The Balaban J connectivity index is 2.70. The zero-order chi connectivity index (χ0) is 9.84. The molecule has 0 radical (unpaired) electrons. The fourth-order valence-corrected chi connectivity index (χ4v) is 1.37. The Morgan fingerprint density at radius 1 is 1.46 bits per heavy atom. The summed E-state index contributed by atoms with van der Waals surface area (Å²) in [5, 5.41) is 0.730. The number of anilines is 1. The standard InChI is InChI=1S/C10H15ClN2/c1-7(12)2-3-8-6-9(11)4-5-10(8)13/h4-7H,2-3,12-13H2,1H3. The summed E-state index contributed by atoms with van der Waals surface area (Å²) in [6.45, 7) is 1.99. The molecular weight excluding hydrogens is 184 g/mol. The van der Waals surface area contributed by atoms with E-state index in [9.17, 15) is 0 Å². The normalized spacial score (nSPS) is 12.8. The second kappa shape index (κ2) is 4.49. The van der Waals surface area contributed by atoms with E-state index in [0.717, 1.165) is 29.1 Å². The van der Waals surface area contributed by atoms with E-state index in [-0.39, 0.29) is 6.04 Å². The number of rotatable bonds is 3. The van der Waals surface area contributed by atoms with Gasteiger partial charge in [-0.15, -0.1) is 0 Å². The van der Waals surface area contributed by atoms with Crippen LogP contribution in [0, 0.1) is 0 Å². The Labute approximate surface area is 83.9 Å². The highest BCUT2D eigenvalue weighted by molar-refractivity contribution is 6.30. The molecular formula is C10H15ClN2. The fraction of sp³-hybridized carbons (Fsp3) is 0.400. The van der Waals surface area contributed by atoms with Gasteiger partial charge in [0.1, 0.15) is 0 Å². The van der Waals surface area contributed by atoms with Crippen LogP contribution in [0.25, 0.3) is 0 Å². The van der Waals surface area contributed by atoms with Crippen LogP contribution in [-0.4, -0.2) is 6.04 Å². The van der Waals surface area contributed by atoms with Gasteiger partial charge in [0.15, 0.2) is 0 Å². The van der Waals surface area contributed by atoms with Gasteiger partial charge in [0.2, 0.25) is 0 Å². The third kappa shape index (κ3) is 3.25. The van der Waals surface area contributed by atoms with E-state index in [1.165, 1.54) is 0 Å². The summed E-state index contributed by atoms with van der Waals surface area (Å²) in [5.41, 5.74) is 13.3. The van der Waals surface area contributed by atoms with Gasteiger partial charge in [-0.25, -0.2) is 0 Å². The van der Waals surface area contributed by atoms with Crippen molar-refractivity contribution in [3.05, 3.63) is 28.8 Å². The molecule has 2 nitrogen and oxygen atoms in total.